The number of benzene rings is 2. The Labute approximate surface area is 182 Å². The van der Waals surface area contributed by atoms with Crippen LogP contribution in [0.2, 0.25) is 10.0 Å². The number of hydrogen-bond donors (Lipinski definition) is 1. The van der Waals surface area contributed by atoms with Crippen molar-refractivity contribution in [2.45, 2.75) is 13.3 Å². The van der Waals surface area contributed by atoms with Crippen molar-refractivity contribution in [1.29, 1.82) is 0 Å². The number of thioether (sulfide) groups is 1. The summed E-state index contributed by atoms with van der Waals surface area (Å²) in [5.74, 6) is 1.01. The normalized spacial score (nSPS) is 16.6. The third kappa shape index (κ3) is 4.42. The maximum absolute atomic E-state index is 12.3. The molecule has 1 aliphatic rings. The molecule has 1 aromatic heterocycles. The second-order valence-electron chi connectivity index (χ2n) is 6.29. The summed E-state index contributed by atoms with van der Waals surface area (Å²) in [6, 6.07) is 16.8. The van der Waals surface area contributed by atoms with Crippen molar-refractivity contribution < 1.29 is 9.21 Å². The molecule has 1 aliphatic heterocycles. The Morgan fingerprint density at radius 1 is 1.10 bits per heavy atom. The number of nitrogens with zero attached hydrogens (tertiary/aromatic N) is 1. The van der Waals surface area contributed by atoms with E-state index in [4.69, 9.17) is 27.6 Å². The number of halogens is 2. The van der Waals surface area contributed by atoms with Gasteiger partial charge >= 0.3 is 0 Å². The highest BCUT2D eigenvalue weighted by atomic mass is 35.5. The lowest BCUT2D eigenvalue weighted by Gasteiger charge is -2.02. The molecule has 0 saturated carbocycles. The van der Waals surface area contributed by atoms with Gasteiger partial charge in [0.25, 0.3) is 5.91 Å². The van der Waals surface area contributed by atoms with Crippen LogP contribution < -0.4 is 5.32 Å². The highest BCUT2D eigenvalue weighted by Gasteiger charge is 2.24. The predicted molar refractivity (Wildman–Crippen MR) is 121 cm³/mol. The number of rotatable bonds is 4. The lowest BCUT2D eigenvalue weighted by Crippen LogP contribution is -2.19. The van der Waals surface area contributed by atoms with E-state index in [9.17, 15) is 4.79 Å². The monoisotopic (exact) mass is 442 g/mol. The van der Waals surface area contributed by atoms with Gasteiger partial charge in [-0.15, -0.1) is 0 Å². The number of amidine groups is 1. The van der Waals surface area contributed by atoms with Crippen LogP contribution in [0.15, 0.2) is 68.9 Å². The van der Waals surface area contributed by atoms with E-state index in [1.54, 1.807) is 24.3 Å². The van der Waals surface area contributed by atoms with Crippen molar-refractivity contribution in [1.82, 2.24) is 5.32 Å². The van der Waals surface area contributed by atoms with Crippen LogP contribution >= 0.6 is 35.0 Å². The molecule has 0 bridgehead atoms. The number of amides is 1. The second kappa shape index (κ2) is 8.49. The van der Waals surface area contributed by atoms with Crippen LogP contribution in [0.5, 0.6) is 0 Å². The number of carbonyl (C=O) groups is 1. The Hall–Kier alpha value is -2.47. The average Bonchev–Trinajstić information content (AvgIpc) is 3.31. The summed E-state index contributed by atoms with van der Waals surface area (Å²) in [6.45, 7) is 2.08. The van der Waals surface area contributed by atoms with Gasteiger partial charge in [-0.3, -0.25) is 4.79 Å². The molecule has 2 aromatic carbocycles. The van der Waals surface area contributed by atoms with Crippen molar-refractivity contribution in [2.24, 2.45) is 4.99 Å². The molecule has 29 heavy (non-hydrogen) atoms. The van der Waals surface area contributed by atoms with Gasteiger partial charge < -0.3 is 9.73 Å². The molecule has 1 amide bonds. The SMILES string of the molecule is CCc1ccccc1N=C1NC(=O)/C(=C\c2ccc(-c3ccc(Cl)c(Cl)c3)o2)S1. The van der Waals surface area contributed by atoms with Crippen LogP contribution in [0.1, 0.15) is 18.2 Å². The van der Waals surface area contributed by atoms with Crippen LogP contribution in [0.3, 0.4) is 0 Å². The lowest BCUT2D eigenvalue weighted by molar-refractivity contribution is -0.115. The molecular weight excluding hydrogens is 427 g/mol. The maximum Gasteiger partial charge on any atom is 0.264 e. The summed E-state index contributed by atoms with van der Waals surface area (Å²) in [7, 11) is 0. The van der Waals surface area contributed by atoms with E-state index in [0.29, 0.717) is 31.6 Å². The molecule has 4 rings (SSSR count). The first-order valence-electron chi connectivity index (χ1n) is 8.96. The van der Waals surface area contributed by atoms with Gasteiger partial charge in [0, 0.05) is 11.6 Å². The van der Waals surface area contributed by atoms with Crippen molar-refractivity contribution in [3.8, 4) is 11.3 Å². The fourth-order valence-electron chi connectivity index (χ4n) is 2.87. The van der Waals surface area contributed by atoms with Crippen molar-refractivity contribution in [3.05, 3.63) is 80.9 Å². The number of hydrogen-bond acceptors (Lipinski definition) is 4. The Bertz CT molecular complexity index is 1150. The number of nitrogens with one attached hydrogen (secondary N) is 1. The van der Waals surface area contributed by atoms with E-state index in [1.165, 1.54) is 11.8 Å². The van der Waals surface area contributed by atoms with Crippen LogP contribution in [-0.4, -0.2) is 11.1 Å². The first-order valence-corrected chi connectivity index (χ1v) is 10.5. The molecule has 0 spiro atoms. The van der Waals surface area contributed by atoms with E-state index < -0.39 is 0 Å². The van der Waals surface area contributed by atoms with E-state index >= 15 is 0 Å². The molecule has 0 unspecified atom stereocenters. The zero-order valence-corrected chi connectivity index (χ0v) is 17.7. The summed E-state index contributed by atoms with van der Waals surface area (Å²) >= 11 is 13.3. The summed E-state index contributed by atoms with van der Waals surface area (Å²) in [4.78, 5) is 17.4. The number of para-hydroxylation sites is 1. The van der Waals surface area contributed by atoms with Crippen LogP contribution in [0.4, 0.5) is 5.69 Å². The van der Waals surface area contributed by atoms with Crippen molar-refractivity contribution in [2.75, 3.05) is 0 Å². The highest BCUT2D eigenvalue weighted by molar-refractivity contribution is 8.18. The van der Waals surface area contributed by atoms with Crippen molar-refractivity contribution >= 4 is 57.8 Å². The molecule has 0 radical (unpaired) electrons. The molecule has 3 aromatic rings. The van der Waals surface area contributed by atoms with E-state index in [1.807, 2.05) is 36.4 Å². The summed E-state index contributed by atoms with van der Waals surface area (Å²) < 4.78 is 5.85. The summed E-state index contributed by atoms with van der Waals surface area (Å²) in [5.41, 5.74) is 2.80. The number of aliphatic imine (C=N–C) groups is 1. The van der Waals surface area contributed by atoms with Crippen molar-refractivity contribution in [3.63, 3.8) is 0 Å². The van der Waals surface area contributed by atoms with Gasteiger partial charge in [0.05, 0.1) is 20.6 Å². The number of aryl methyl sites for hydroxylation is 1. The van der Waals surface area contributed by atoms with Gasteiger partial charge in [0.1, 0.15) is 11.5 Å². The van der Waals surface area contributed by atoms with E-state index in [2.05, 4.69) is 17.2 Å². The fraction of sp³-hybridized carbons (Fsp3) is 0.0909. The number of carbonyl (C=O) groups excluding carboxylic acids is 1. The summed E-state index contributed by atoms with van der Waals surface area (Å²) in [6.07, 6.45) is 2.58. The molecule has 2 heterocycles. The third-order valence-corrected chi connectivity index (χ3v) is 6.00. The van der Waals surface area contributed by atoms with Crippen LogP contribution in [0, 0.1) is 0 Å². The Balaban J connectivity index is 1.56. The van der Waals surface area contributed by atoms with Gasteiger partial charge in [-0.25, -0.2) is 4.99 Å². The molecule has 1 N–H and O–H groups in total. The molecule has 4 nitrogen and oxygen atoms in total. The third-order valence-electron chi connectivity index (χ3n) is 4.35. The topological polar surface area (TPSA) is 54.6 Å². The molecule has 7 heteroatoms. The first kappa shape index (κ1) is 19.8. The molecule has 0 aliphatic carbocycles. The zero-order valence-electron chi connectivity index (χ0n) is 15.4. The first-order chi connectivity index (χ1) is 14.0. The standard InChI is InChI=1S/C22H16Cl2N2O2S/c1-2-13-5-3-4-6-18(13)25-22-26-21(27)20(29-22)12-15-8-10-19(28-15)14-7-9-16(23)17(24)11-14/h3-12H,2H2,1H3,(H,25,26,27)/b20-12+. The molecule has 146 valence electrons. The molecular formula is C22H16Cl2N2O2S. The summed E-state index contributed by atoms with van der Waals surface area (Å²) in [5, 5.41) is 4.31. The minimum absolute atomic E-state index is 0.199. The predicted octanol–water partition coefficient (Wildman–Crippen LogP) is 6.71. The largest absolute Gasteiger partial charge is 0.457 e. The Kier molecular flexibility index (Phi) is 5.81. The van der Waals surface area contributed by atoms with Gasteiger partial charge in [-0.1, -0.05) is 48.3 Å². The van der Waals surface area contributed by atoms with Crippen LogP contribution in [-0.2, 0) is 11.2 Å². The average molecular weight is 443 g/mol. The van der Waals surface area contributed by atoms with Gasteiger partial charge in [0.2, 0.25) is 0 Å². The Morgan fingerprint density at radius 3 is 2.72 bits per heavy atom. The highest BCUT2D eigenvalue weighted by Crippen LogP contribution is 2.32. The Morgan fingerprint density at radius 2 is 1.93 bits per heavy atom. The minimum atomic E-state index is -0.199. The maximum atomic E-state index is 12.3. The smallest absolute Gasteiger partial charge is 0.264 e. The van der Waals surface area contributed by atoms with E-state index in [-0.39, 0.29) is 5.91 Å². The van der Waals surface area contributed by atoms with E-state index in [0.717, 1.165) is 23.2 Å². The zero-order chi connectivity index (χ0) is 20.4. The van der Waals surface area contributed by atoms with Gasteiger partial charge in [-0.2, -0.15) is 0 Å². The molecule has 0 atom stereocenters. The number of furan rings is 1. The fourth-order valence-corrected chi connectivity index (χ4v) is 3.99. The molecule has 1 fully saturated rings. The lowest BCUT2D eigenvalue weighted by atomic mass is 10.1. The molecule has 1 saturated heterocycles. The van der Waals surface area contributed by atoms with Gasteiger partial charge in [-0.05, 0) is 60.1 Å². The minimum Gasteiger partial charge on any atom is -0.457 e. The second-order valence-corrected chi connectivity index (χ2v) is 8.14. The quantitative estimate of drug-likeness (QED) is 0.456. The van der Waals surface area contributed by atoms with Gasteiger partial charge in [0.15, 0.2) is 5.17 Å². The van der Waals surface area contributed by atoms with Crippen LogP contribution in [0.25, 0.3) is 17.4 Å².